The van der Waals surface area contributed by atoms with Gasteiger partial charge in [-0.2, -0.15) is 0 Å². The number of nitrogens with zero attached hydrogens (tertiary/aromatic N) is 3. The van der Waals surface area contributed by atoms with Crippen LogP contribution in [-0.4, -0.2) is 41.6 Å². The van der Waals surface area contributed by atoms with Gasteiger partial charge in [0.2, 0.25) is 0 Å². The smallest absolute Gasteiger partial charge is 0.0966 e. The summed E-state index contributed by atoms with van der Waals surface area (Å²) in [7, 11) is 0. The van der Waals surface area contributed by atoms with Crippen molar-refractivity contribution in [2.45, 2.75) is 18.8 Å². The molecule has 1 atom stereocenters. The fourth-order valence-electron chi connectivity index (χ4n) is 5.15. The Morgan fingerprint density at radius 3 is 1.63 bits per heavy atom. The molecule has 2 heterocycles. The third kappa shape index (κ3) is 4.25. The van der Waals surface area contributed by atoms with Gasteiger partial charge in [-0.15, -0.1) is 0 Å². The Morgan fingerprint density at radius 2 is 1.11 bits per heavy atom. The molecule has 5 heteroatoms. The summed E-state index contributed by atoms with van der Waals surface area (Å²) in [4.78, 5) is 0. The number of hydrogen-bond acceptors (Lipinski definition) is 4. The van der Waals surface area contributed by atoms with Crippen molar-refractivity contribution < 1.29 is 9.84 Å². The molecule has 0 saturated carbocycles. The molecule has 1 fully saturated rings. The van der Waals surface area contributed by atoms with Crippen LogP contribution in [0, 0.1) is 0 Å². The molecule has 1 aliphatic heterocycles. The van der Waals surface area contributed by atoms with E-state index < -0.39 is 6.10 Å². The zero-order valence-electron chi connectivity index (χ0n) is 19.6. The van der Waals surface area contributed by atoms with Gasteiger partial charge in [-0.05, 0) is 36.4 Å². The normalized spacial score (nSPS) is 15.3. The van der Waals surface area contributed by atoms with Crippen molar-refractivity contribution in [3.05, 3.63) is 109 Å². The molecule has 0 spiro atoms. The fourth-order valence-corrected chi connectivity index (χ4v) is 5.15. The van der Waals surface area contributed by atoms with E-state index in [0.717, 1.165) is 35.5 Å². The number of rotatable bonds is 7. The zero-order valence-corrected chi connectivity index (χ0v) is 19.6. The maximum absolute atomic E-state index is 11.0. The van der Waals surface area contributed by atoms with Gasteiger partial charge in [-0.3, -0.25) is 10.0 Å². The average Bonchev–Trinajstić information content (AvgIpc) is 3.49. The van der Waals surface area contributed by atoms with E-state index in [2.05, 4.69) is 112 Å². The number of aliphatic hydroxyl groups is 1. The van der Waals surface area contributed by atoms with E-state index >= 15 is 0 Å². The number of ether oxygens (including phenoxy) is 1. The molecule has 176 valence electrons. The first kappa shape index (κ1) is 21.7. The van der Waals surface area contributed by atoms with E-state index in [1.807, 2.05) is 12.1 Å². The molecule has 1 N–H and O–H groups in total. The molecular weight excluding hydrogens is 434 g/mol. The van der Waals surface area contributed by atoms with E-state index in [4.69, 9.17) is 4.74 Å². The molecule has 0 aliphatic carbocycles. The third-order valence-corrected chi connectivity index (χ3v) is 6.75. The number of anilines is 2. The molecule has 0 radical (unpaired) electrons. The summed E-state index contributed by atoms with van der Waals surface area (Å²) < 4.78 is 8.50. The van der Waals surface area contributed by atoms with Crippen molar-refractivity contribution >= 4 is 33.2 Å². The predicted molar refractivity (Wildman–Crippen MR) is 143 cm³/mol. The topological polar surface area (TPSA) is 40.9 Å². The summed E-state index contributed by atoms with van der Waals surface area (Å²) in [6.45, 7) is 2.25. The molecule has 0 bridgehead atoms. The summed E-state index contributed by atoms with van der Waals surface area (Å²) in [6.07, 6.45) is -0.617. The number of hydrazine groups is 1. The minimum Gasteiger partial charge on any atom is -0.389 e. The number of aliphatic hydroxyl groups excluding tert-OH is 1. The Balaban J connectivity index is 1.18. The Morgan fingerprint density at radius 1 is 0.657 bits per heavy atom. The summed E-state index contributed by atoms with van der Waals surface area (Å²) >= 11 is 0. The second kappa shape index (κ2) is 9.45. The molecule has 4 aromatic carbocycles. The molecule has 5 nitrogen and oxygen atoms in total. The second-order valence-electron chi connectivity index (χ2n) is 9.09. The average molecular weight is 464 g/mol. The van der Waals surface area contributed by atoms with Crippen LogP contribution in [0.5, 0.6) is 0 Å². The van der Waals surface area contributed by atoms with Crippen molar-refractivity contribution in [2.75, 3.05) is 29.7 Å². The van der Waals surface area contributed by atoms with E-state index in [-0.39, 0.29) is 12.7 Å². The lowest BCUT2D eigenvalue weighted by atomic mass is 10.2. The summed E-state index contributed by atoms with van der Waals surface area (Å²) in [6, 6.07) is 37.5. The van der Waals surface area contributed by atoms with Crippen molar-refractivity contribution in [3.63, 3.8) is 0 Å². The van der Waals surface area contributed by atoms with Gasteiger partial charge in [0.1, 0.15) is 0 Å². The van der Waals surface area contributed by atoms with Gasteiger partial charge >= 0.3 is 0 Å². The summed E-state index contributed by atoms with van der Waals surface area (Å²) in [5.41, 5.74) is 4.54. The highest BCUT2D eigenvalue weighted by Gasteiger charge is 2.31. The number of aromatic nitrogens is 1. The van der Waals surface area contributed by atoms with Gasteiger partial charge in [0.05, 0.1) is 49.8 Å². The second-order valence-corrected chi connectivity index (χ2v) is 9.09. The van der Waals surface area contributed by atoms with Gasteiger partial charge in [-0.1, -0.05) is 72.8 Å². The van der Waals surface area contributed by atoms with Crippen LogP contribution in [0.2, 0.25) is 0 Å². The lowest BCUT2D eigenvalue weighted by Gasteiger charge is -2.31. The number of fused-ring (bicyclic) bond motifs is 3. The molecule has 1 saturated heterocycles. The molecular formula is C30H29N3O2. The minimum atomic E-state index is -0.606. The van der Waals surface area contributed by atoms with E-state index in [1.54, 1.807) is 0 Å². The highest BCUT2D eigenvalue weighted by molar-refractivity contribution is 6.07. The summed E-state index contributed by atoms with van der Waals surface area (Å²) in [5, 5.41) is 17.9. The van der Waals surface area contributed by atoms with Crippen LogP contribution >= 0.6 is 0 Å². The first-order chi connectivity index (χ1) is 17.3. The molecule has 35 heavy (non-hydrogen) atoms. The molecule has 0 unspecified atom stereocenters. The standard InChI is InChI=1S/C30H29N3O2/c34-25(19-31-29-17-9-7-15-27(29)28-16-8-10-18-30(28)31)22-35-26-20-32(23-11-3-1-4-12-23)33(21-26)24-13-5-2-6-14-24/h1-18,25-26,34H,19-22H2/t25-/m1/s1. The number of hydrogen-bond donors (Lipinski definition) is 1. The Kier molecular flexibility index (Phi) is 5.86. The van der Waals surface area contributed by atoms with Crippen LogP contribution in [-0.2, 0) is 11.3 Å². The first-order valence-corrected chi connectivity index (χ1v) is 12.2. The Hall–Kier alpha value is -3.80. The third-order valence-electron chi connectivity index (χ3n) is 6.75. The largest absolute Gasteiger partial charge is 0.389 e. The van der Waals surface area contributed by atoms with E-state index in [1.165, 1.54) is 10.8 Å². The SMILES string of the molecule is O[C@@H](COC1CN(c2ccccc2)N(c2ccccc2)C1)Cn1c2ccccc2c2ccccc21. The Labute approximate surface area is 205 Å². The molecule has 5 aromatic rings. The van der Waals surface area contributed by atoms with Gasteiger partial charge in [0.15, 0.2) is 0 Å². The highest BCUT2D eigenvalue weighted by Crippen LogP contribution is 2.30. The maximum atomic E-state index is 11.0. The van der Waals surface area contributed by atoms with Crippen LogP contribution in [0.3, 0.4) is 0 Å². The van der Waals surface area contributed by atoms with Crippen molar-refractivity contribution in [1.29, 1.82) is 0 Å². The quantitative estimate of drug-likeness (QED) is 0.347. The zero-order chi connectivity index (χ0) is 23.6. The number of para-hydroxylation sites is 4. The van der Waals surface area contributed by atoms with E-state index in [0.29, 0.717) is 6.54 Å². The minimum absolute atomic E-state index is 0.0109. The first-order valence-electron chi connectivity index (χ1n) is 12.2. The lowest BCUT2D eigenvalue weighted by molar-refractivity contribution is -0.000894. The van der Waals surface area contributed by atoms with Crippen LogP contribution in [0.1, 0.15) is 0 Å². The maximum Gasteiger partial charge on any atom is 0.0966 e. The fraction of sp³-hybridized carbons (Fsp3) is 0.200. The van der Waals surface area contributed by atoms with Gasteiger partial charge in [0.25, 0.3) is 0 Å². The van der Waals surface area contributed by atoms with Gasteiger partial charge in [-0.25, -0.2) is 0 Å². The van der Waals surface area contributed by atoms with Crippen LogP contribution in [0.25, 0.3) is 21.8 Å². The molecule has 6 rings (SSSR count). The van der Waals surface area contributed by atoms with Crippen LogP contribution < -0.4 is 10.0 Å². The summed E-state index contributed by atoms with van der Waals surface area (Å²) in [5.74, 6) is 0. The van der Waals surface area contributed by atoms with Gasteiger partial charge < -0.3 is 14.4 Å². The number of benzene rings is 4. The van der Waals surface area contributed by atoms with Gasteiger partial charge in [0, 0.05) is 21.8 Å². The molecule has 1 aromatic heterocycles. The monoisotopic (exact) mass is 463 g/mol. The van der Waals surface area contributed by atoms with Crippen molar-refractivity contribution in [2.24, 2.45) is 0 Å². The molecule has 0 amide bonds. The molecule has 1 aliphatic rings. The van der Waals surface area contributed by atoms with E-state index in [9.17, 15) is 5.11 Å². The lowest BCUT2D eigenvalue weighted by Crippen LogP contribution is -2.36. The Bertz CT molecular complexity index is 1320. The van der Waals surface area contributed by atoms with Crippen LogP contribution in [0.15, 0.2) is 109 Å². The highest BCUT2D eigenvalue weighted by atomic mass is 16.5. The van der Waals surface area contributed by atoms with Crippen LogP contribution in [0.4, 0.5) is 11.4 Å². The predicted octanol–water partition coefficient (Wildman–Crippen LogP) is 5.48. The van der Waals surface area contributed by atoms with Crippen molar-refractivity contribution in [3.8, 4) is 0 Å². The van der Waals surface area contributed by atoms with Crippen molar-refractivity contribution in [1.82, 2.24) is 4.57 Å².